The van der Waals surface area contributed by atoms with Crippen LogP contribution in [0.1, 0.15) is 6.42 Å². The van der Waals surface area contributed by atoms with Gasteiger partial charge in [0.15, 0.2) is 0 Å². The Bertz CT molecular complexity index is 258. The molecule has 0 spiro atoms. The third-order valence-electron chi connectivity index (χ3n) is 1.47. The molecule has 0 aliphatic carbocycles. The molecule has 72 valence electrons. The molecule has 0 heterocycles. The second kappa shape index (κ2) is 5.94. The van der Waals surface area contributed by atoms with Crippen LogP contribution in [0, 0.1) is 0 Å². The van der Waals surface area contributed by atoms with Crippen LogP contribution in [-0.4, -0.2) is 12.4 Å². The lowest BCUT2D eigenvalue weighted by Gasteiger charge is -2.08. The topological polar surface area (TPSA) is 9.23 Å². The Balaban J connectivity index is 2.64. The predicted molar refractivity (Wildman–Crippen MR) is 65.8 cm³/mol. The van der Waals surface area contributed by atoms with Gasteiger partial charge in [-0.1, -0.05) is 6.07 Å². The van der Waals surface area contributed by atoms with Crippen LogP contribution in [-0.2, 0) is 0 Å². The number of para-hydroxylation sites is 1. The minimum Gasteiger partial charge on any atom is -0.491 e. The summed E-state index contributed by atoms with van der Waals surface area (Å²) in [7, 11) is 0. The fourth-order valence-corrected chi connectivity index (χ4v) is 2.22. The van der Waals surface area contributed by atoms with E-state index in [-0.39, 0.29) is 0 Å². The number of halogens is 2. The maximum atomic E-state index is 5.57. The largest absolute Gasteiger partial charge is 0.491 e. The molecule has 0 aliphatic heterocycles. The maximum absolute atomic E-state index is 5.57. The highest BCUT2D eigenvalue weighted by molar-refractivity contribution is 9.11. The summed E-state index contributed by atoms with van der Waals surface area (Å²) in [6.45, 7) is 0.699. The molecule has 0 aliphatic rings. The van der Waals surface area contributed by atoms with Crippen molar-refractivity contribution < 1.29 is 4.74 Å². The lowest BCUT2D eigenvalue weighted by molar-refractivity contribution is 0.315. The zero-order valence-corrected chi connectivity index (χ0v) is 11.0. The molecule has 0 radical (unpaired) electrons. The Hall–Kier alpha value is 0.330. The number of hydrogen-bond donors (Lipinski definition) is 1. The predicted octanol–water partition coefficient (Wildman–Crippen LogP) is 3.91. The fraction of sp³-hybridized carbons (Fsp3) is 0.333. The van der Waals surface area contributed by atoms with Gasteiger partial charge in [0, 0.05) is 0 Å². The van der Waals surface area contributed by atoms with Gasteiger partial charge in [-0.3, -0.25) is 0 Å². The van der Waals surface area contributed by atoms with Crippen LogP contribution in [0.3, 0.4) is 0 Å². The summed E-state index contributed by atoms with van der Waals surface area (Å²) in [4.78, 5) is 0. The normalized spacial score (nSPS) is 10.1. The van der Waals surface area contributed by atoms with Crippen LogP contribution in [0.5, 0.6) is 5.75 Å². The number of benzene rings is 1. The Morgan fingerprint density at radius 1 is 1.23 bits per heavy atom. The van der Waals surface area contributed by atoms with Gasteiger partial charge in [-0.25, -0.2) is 0 Å². The van der Waals surface area contributed by atoms with Crippen molar-refractivity contribution >= 4 is 44.5 Å². The van der Waals surface area contributed by atoms with Crippen LogP contribution in [0.15, 0.2) is 27.1 Å². The van der Waals surface area contributed by atoms with Crippen LogP contribution >= 0.6 is 44.5 Å². The van der Waals surface area contributed by atoms with E-state index < -0.39 is 0 Å². The van der Waals surface area contributed by atoms with E-state index in [9.17, 15) is 0 Å². The van der Waals surface area contributed by atoms with Crippen LogP contribution in [0.25, 0.3) is 0 Å². The van der Waals surface area contributed by atoms with Crippen molar-refractivity contribution in [1.82, 2.24) is 0 Å². The van der Waals surface area contributed by atoms with E-state index in [4.69, 9.17) is 4.74 Å². The van der Waals surface area contributed by atoms with E-state index in [0.717, 1.165) is 26.9 Å². The molecule has 1 nitrogen and oxygen atoms in total. The summed E-state index contributed by atoms with van der Waals surface area (Å²) >= 11 is 11.0. The lowest BCUT2D eigenvalue weighted by atomic mass is 10.3. The summed E-state index contributed by atoms with van der Waals surface area (Å²) in [6, 6.07) is 5.88. The van der Waals surface area contributed by atoms with Gasteiger partial charge in [0.05, 0.1) is 15.6 Å². The highest BCUT2D eigenvalue weighted by Crippen LogP contribution is 2.32. The van der Waals surface area contributed by atoms with E-state index in [1.165, 1.54) is 0 Å². The van der Waals surface area contributed by atoms with Crippen molar-refractivity contribution in [2.24, 2.45) is 0 Å². The van der Waals surface area contributed by atoms with Gasteiger partial charge in [0.2, 0.25) is 0 Å². The molecule has 0 fully saturated rings. The zero-order chi connectivity index (χ0) is 9.68. The molecule has 0 N–H and O–H groups in total. The first-order valence-corrected chi connectivity index (χ1v) is 6.15. The third-order valence-corrected chi connectivity index (χ3v) is 3.03. The van der Waals surface area contributed by atoms with E-state index in [1.807, 2.05) is 18.2 Å². The highest BCUT2D eigenvalue weighted by atomic mass is 79.9. The third kappa shape index (κ3) is 3.52. The smallest absolute Gasteiger partial charge is 0.147 e. The van der Waals surface area contributed by atoms with Gasteiger partial charge in [-0.05, 0) is 56.2 Å². The van der Waals surface area contributed by atoms with E-state index in [1.54, 1.807) is 0 Å². The average Bonchev–Trinajstić information content (AvgIpc) is 2.10. The number of rotatable bonds is 4. The molecule has 13 heavy (non-hydrogen) atoms. The van der Waals surface area contributed by atoms with E-state index in [2.05, 4.69) is 44.5 Å². The molecule has 0 unspecified atom stereocenters. The second-order valence-electron chi connectivity index (χ2n) is 2.48. The van der Waals surface area contributed by atoms with Crippen LogP contribution < -0.4 is 4.74 Å². The van der Waals surface area contributed by atoms with Gasteiger partial charge in [0.1, 0.15) is 5.75 Å². The number of hydrogen-bond acceptors (Lipinski definition) is 2. The standard InChI is InChI=1S/C9H10Br2OS/c10-7-3-1-4-8(11)9(7)12-5-2-6-13/h1,3-4,13H,2,5-6H2. The molecule has 1 aromatic rings. The molecule has 0 atom stereocenters. The van der Waals surface area contributed by atoms with E-state index >= 15 is 0 Å². The summed E-state index contributed by atoms with van der Waals surface area (Å²) in [5.41, 5.74) is 0. The SMILES string of the molecule is SCCCOc1c(Br)cccc1Br. The lowest BCUT2D eigenvalue weighted by Crippen LogP contribution is -1.98. The highest BCUT2D eigenvalue weighted by Gasteiger charge is 2.04. The molecule has 0 amide bonds. The molecular formula is C9H10Br2OS. The Morgan fingerprint density at radius 3 is 2.38 bits per heavy atom. The van der Waals surface area contributed by atoms with Crippen LogP contribution in [0.4, 0.5) is 0 Å². The minimum absolute atomic E-state index is 0.699. The van der Waals surface area contributed by atoms with Gasteiger partial charge in [0.25, 0.3) is 0 Å². The van der Waals surface area contributed by atoms with Gasteiger partial charge < -0.3 is 4.74 Å². The van der Waals surface area contributed by atoms with Crippen molar-refractivity contribution in [2.75, 3.05) is 12.4 Å². The molecule has 4 heteroatoms. The molecule has 0 saturated carbocycles. The summed E-state index contributed by atoms with van der Waals surface area (Å²) in [6.07, 6.45) is 0.955. The fourth-order valence-electron chi connectivity index (χ4n) is 0.859. The first-order chi connectivity index (χ1) is 6.25. The summed E-state index contributed by atoms with van der Waals surface area (Å²) in [5.74, 6) is 1.71. The van der Waals surface area contributed by atoms with Crippen molar-refractivity contribution in [3.8, 4) is 5.75 Å². The first kappa shape index (κ1) is 11.4. The average molecular weight is 326 g/mol. The molecule has 0 bridgehead atoms. The maximum Gasteiger partial charge on any atom is 0.147 e. The van der Waals surface area contributed by atoms with Crippen LogP contribution in [0.2, 0.25) is 0 Å². The van der Waals surface area contributed by atoms with E-state index in [0.29, 0.717) is 6.61 Å². The monoisotopic (exact) mass is 324 g/mol. The summed E-state index contributed by atoms with van der Waals surface area (Å²) in [5, 5.41) is 0. The molecular weight excluding hydrogens is 316 g/mol. The van der Waals surface area contributed by atoms with Crippen molar-refractivity contribution in [2.45, 2.75) is 6.42 Å². The Kier molecular flexibility index (Phi) is 5.21. The molecule has 0 saturated heterocycles. The van der Waals surface area contributed by atoms with Crippen molar-refractivity contribution in [3.05, 3.63) is 27.1 Å². The Morgan fingerprint density at radius 2 is 1.85 bits per heavy atom. The number of ether oxygens (including phenoxy) is 1. The first-order valence-electron chi connectivity index (χ1n) is 3.93. The second-order valence-corrected chi connectivity index (χ2v) is 4.63. The molecule has 0 aromatic heterocycles. The quantitative estimate of drug-likeness (QED) is 0.652. The van der Waals surface area contributed by atoms with Gasteiger partial charge >= 0.3 is 0 Å². The Labute approximate surface area is 101 Å². The van der Waals surface area contributed by atoms with Gasteiger partial charge in [-0.15, -0.1) is 0 Å². The van der Waals surface area contributed by atoms with Crippen molar-refractivity contribution in [3.63, 3.8) is 0 Å². The molecule has 1 rings (SSSR count). The number of thiol groups is 1. The van der Waals surface area contributed by atoms with Gasteiger partial charge in [-0.2, -0.15) is 12.6 Å². The van der Waals surface area contributed by atoms with Crippen molar-refractivity contribution in [1.29, 1.82) is 0 Å². The molecule has 1 aromatic carbocycles. The minimum atomic E-state index is 0.699. The zero-order valence-electron chi connectivity index (χ0n) is 6.96. The summed E-state index contributed by atoms with van der Waals surface area (Å²) < 4.78 is 7.51.